The molecule has 1 unspecified atom stereocenters. The summed E-state index contributed by atoms with van der Waals surface area (Å²) in [6, 6.07) is 18.4. The molecule has 170 valence electrons. The molecule has 0 spiro atoms. The molecule has 1 aromatic heterocycles. The average molecular weight is 462 g/mol. The van der Waals surface area contributed by atoms with Crippen LogP contribution >= 0.6 is 11.6 Å². The Labute approximate surface area is 198 Å². The van der Waals surface area contributed by atoms with Crippen LogP contribution in [0.3, 0.4) is 0 Å². The Morgan fingerprint density at radius 3 is 2.48 bits per heavy atom. The quantitative estimate of drug-likeness (QED) is 0.349. The Balaban J connectivity index is 1.86. The van der Waals surface area contributed by atoms with Crippen molar-refractivity contribution >= 4 is 39.2 Å². The summed E-state index contributed by atoms with van der Waals surface area (Å²) in [5, 5.41) is 2.92. The highest BCUT2D eigenvalue weighted by Crippen LogP contribution is 2.27. The van der Waals surface area contributed by atoms with Gasteiger partial charge in [-0.3, -0.25) is 14.2 Å². The van der Waals surface area contributed by atoms with Gasteiger partial charge in [-0.15, -0.1) is 0 Å². The van der Waals surface area contributed by atoms with Gasteiger partial charge in [-0.1, -0.05) is 61.8 Å². The SMILES string of the molecule is CCn1c(C(C)N(CC(C)C)C(=O)c2cccc3ccccc23)nc2ccc(Cl)cc2c1=O. The Bertz CT molecular complexity index is 1390. The van der Waals surface area contributed by atoms with Crippen LogP contribution in [0.2, 0.25) is 5.02 Å². The van der Waals surface area contributed by atoms with E-state index >= 15 is 0 Å². The van der Waals surface area contributed by atoms with Gasteiger partial charge in [0.2, 0.25) is 0 Å². The molecule has 1 atom stereocenters. The van der Waals surface area contributed by atoms with Gasteiger partial charge in [0.25, 0.3) is 11.5 Å². The van der Waals surface area contributed by atoms with Crippen molar-refractivity contribution < 1.29 is 4.79 Å². The van der Waals surface area contributed by atoms with E-state index in [9.17, 15) is 9.59 Å². The number of fused-ring (bicyclic) bond motifs is 2. The van der Waals surface area contributed by atoms with Crippen molar-refractivity contribution in [1.29, 1.82) is 0 Å². The fraction of sp³-hybridized carbons (Fsp3) is 0.296. The summed E-state index contributed by atoms with van der Waals surface area (Å²) in [5.74, 6) is 0.750. The molecule has 0 radical (unpaired) electrons. The maximum Gasteiger partial charge on any atom is 0.261 e. The summed E-state index contributed by atoms with van der Waals surface area (Å²) in [7, 11) is 0. The molecule has 4 aromatic rings. The fourth-order valence-corrected chi connectivity index (χ4v) is 4.52. The molecule has 0 N–H and O–H groups in total. The predicted molar refractivity (Wildman–Crippen MR) is 135 cm³/mol. The number of halogens is 1. The highest BCUT2D eigenvalue weighted by Gasteiger charge is 2.28. The third-order valence-electron chi connectivity index (χ3n) is 5.95. The third-order valence-corrected chi connectivity index (χ3v) is 6.18. The number of benzene rings is 3. The van der Waals surface area contributed by atoms with E-state index in [0.29, 0.717) is 40.4 Å². The van der Waals surface area contributed by atoms with Crippen LogP contribution < -0.4 is 5.56 Å². The highest BCUT2D eigenvalue weighted by molar-refractivity contribution is 6.31. The molecule has 0 saturated carbocycles. The fourth-order valence-electron chi connectivity index (χ4n) is 4.35. The van der Waals surface area contributed by atoms with Crippen LogP contribution in [0.4, 0.5) is 0 Å². The van der Waals surface area contributed by atoms with Crippen molar-refractivity contribution in [3.05, 3.63) is 87.4 Å². The number of carbonyl (C=O) groups is 1. The minimum absolute atomic E-state index is 0.0684. The zero-order valence-corrected chi connectivity index (χ0v) is 20.1. The molecule has 4 rings (SSSR count). The Morgan fingerprint density at radius 1 is 1.03 bits per heavy atom. The van der Waals surface area contributed by atoms with Crippen molar-refractivity contribution in [2.24, 2.45) is 5.92 Å². The summed E-state index contributed by atoms with van der Waals surface area (Å²) in [6.45, 7) is 9.02. The highest BCUT2D eigenvalue weighted by atomic mass is 35.5. The maximum atomic E-state index is 13.9. The van der Waals surface area contributed by atoms with Gasteiger partial charge in [0.15, 0.2) is 0 Å². The van der Waals surface area contributed by atoms with E-state index in [2.05, 4.69) is 13.8 Å². The number of hydrogen-bond acceptors (Lipinski definition) is 3. The van der Waals surface area contributed by atoms with Crippen molar-refractivity contribution in [2.75, 3.05) is 6.54 Å². The van der Waals surface area contributed by atoms with Crippen molar-refractivity contribution in [3.63, 3.8) is 0 Å². The van der Waals surface area contributed by atoms with Crippen molar-refractivity contribution in [1.82, 2.24) is 14.5 Å². The Hall–Kier alpha value is -3.18. The number of aromatic nitrogens is 2. The topological polar surface area (TPSA) is 55.2 Å². The van der Waals surface area contributed by atoms with E-state index in [1.54, 1.807) is 22.8 Å². The second-order valence-corrected chi connectivity index (χ2v) is 9.17. The van der Waals surface area contributed by atoms with Crippen LogP contribution in [0, 0.1) is 5.92 Å². The first-order valence-electron chi connectivity index (χ1n) is 11.3. The molecule has 0 aliphatic carbocycles. The molecule has 0 aliphatic heterocycles. The van der Waals surface area contributed by atoms with Gasteiger partial charge in [0.1, 0.15) is 5.82 Å². The largest absolute Gasteiger partial charge is 0.328 e. The van der Waals surface area contributed by atoms with Gasteiger partial charge in [0.05, 0.1) is 16.9 Å². The summed E-state index contributed by atoms with van der Waals surface area (Å²) in [6.07, 6.45) is 0. The summed E-state index contributed by atoms with van der Waals surface area (Å²) in [4.78, 5) is 33.8. The van der Waals surface area contributed by atoms with Gasteiger partial charge in [0, 0.05) is 23.7 Å². The first-order valence-corrected chi connectivity index (χ1v) is 11.7. The van der Waals surface area contributed by atoms with E-state index in [-0.39, 0.29) is 17.4 Å². The average Bonchev–Trinajstić information content (AvgIpc) is 2.81. The van der Waals surface area contributed by atoms with E-state index < -0.39 is 6.04 Å². The van der Waals surface area contributed by atoms with Crippen LogP contribution in [-0.2, 0) is 6.54 Å². The number of rotatable bonds is 6. The molecule has 0 fully saturated rings. The lowest BCUT2D eigenvalue weighted by molar-refractivity contribution is 0.0655. The number of hydrogen-bond donors (Lipinski definition) is 0. The monoisotopic (exact) mass is 461 g/mol. The normalized spacial score (nSPS) is 12.4. The van der Waals surface area contributed by atoms with Crippen LogP contribution in [0.25, 0.3) is 21.7 Å². The minimum atomic E-state index is -0.397. The lowest BCUT2D eigenvalue weighted by Crippen LogP contribution is -2.39. The van der Waals surface area contributed by atoms with E-state index in [1.165, 1.54) is 0 Å². The molecule has 5 nitrogen and oxygen atoms in total. The van der Waals surface area contributed by atoms with Gasteiger partial charge in [-0.25, -0.2) is 4.98 Å². The second-order valence-electron chi connectivity index (χ2n) is 8.73. The standard InChI is InChI=1S/C27H28ClN3O2/c1-5-30-25(29-24-14-13-20(28)15-23(24)27(30)33)18(4)31(16-17(2)3)26(32)22-12-8-10-19-9-6-7-11-21(19)22/h6-15,17-18H,5,16H2,1-4H3. The van der Waals surface area contributed by atoms with Crippen LogP contribution in [0.5, 0.6) is 0 Å². The third kappa shape index (κ3) is 4.38. The number of carbonyl (C=O) groups excluding carboxylic acids is 1. The van der Waals surface area contributed by atoms with E-state index in [4.69, 9.17) is 16.6 Å². The van der Waals surface area contributed by atoms with Crippen LogP contribution in [0.1, 0.15) is 49.9 Å². The van der Waals surface area contributed by atoms with Gasteiger partial charge in [-0.2, -0.15) is 0 Å². The number of amides is 1. The van der Waals surface area contributed by atoms with Crippen LogP contribution in [-0.4, -0.2) is 26.9 Å². The first kappa shape index (κ1) is 23.0. The maximum absolute atomic E-state index is 13.9. The molecule has 1 amide bonds. The van der Waals surface area contributed by atoms with Gasteiger partial charge < -0.3 is 4.90 Å². The van der Waals surface area contributed by atoms with Crippen molar-refractivity contribution in [3.8, 4) is 0 Å². The molecule has 33 heavy (non-hydrogen) atoms. The Morgan fingerprint density at radius 2 is 1.76 bits per heavy atom. The zero-order valence-electron chi connectivity index (χ0n) is 19.4. The summed E-state index contributed by atoms with van der Waals surface area (Å²) < 4.78 is 1.65. The molecule has 0 aliphatic rings. The van der Waals surface area contributed by atoms with E-state index in [0.717, 1.165) is 10.8 Å². The van der Waals surface area contributed by atoms with Crippen molar-refractivity contribution in [2.45, 2.75) is 40.3 Å². The molecule has 0 bridgehead atoms. The lowest BCUT2D eigenvalue weighted by Gasteiger charge is -2.32. The summed E-state index contributed by atoms with van der Waals surface area (Å²) >= 11 is 6.12. The number of nitrogens with zero attached hydrogens (tertiary/aromatic N) is 3. The smallest absolute Gasteiger partial charge is 0.261 e. The molecular formula is C27H28ClN3O2. The summed E-state index contributed by atoms with van der Waals surface area (Å²) in [5.41, 5.74) is 1.09. The first-order chi connectivity index (χ1) is 15.8. The Kier molecular flexibility index (Phi) is 6.52. The van der Waals surface area contributed by atoms with Gasteiger partial charge >= 0.3 is 0 Å². The van der Waals surface area contributed by atoms with E-state index in [1.807, 2.05) is 61.2 Å². The molecule has 6 heteroatoms. The zero-order chi connectivity index (χ0) is 23.7. The molecule has 1 heterocycles. The molecule has 3 aromatic carbocycles. The van der Waals surface area contributed by atoms with Crippen LogP contribution in [0.15, 0.2) is 65.5 Å². The van der Waals surface area contributed by atoms with Gasteiger partial charge in [-0.05, 0) is 54.8 Å². The second kappa shape index (κ2) is 9.36. The lowest BCUT2D eigenvalue weighted by atomic mass is 10.0. The predicted octanol–water partition coefficient (Wildman–Crippen LogP) is 6.08. The minimum Gasteiger partial charge on any atom is -0.328 e. The molecular weight excluding hydrogens is 434 g/mol. The molecule has 0 saturated heterocycles.